The Balaban J connectivity index is 0.00000196. The van der Waals surface area contributed by atoms with Crippen molar-refractivity contribution in [2.75, 3.05) is 30.8 Å². The van der Waals surface area contributed by atoms with Gasteiger partial charge in [0.05, 0.1) is 18.2 Å². The van der Waals surface area contributed by atoms with Crippen LogP contribution < -0.4 is 43.9 Å². The van der Waals surface area contributed by atoms with Crippen molar-refractivity contribution in [1.82, 2.24) is 9.97 Å². The van der Waals surface area contributed by atoms with Crippen molar-refractivity contribution in [2.45, 2.75) is 4.90 Å². The quantitative estimate of drug-likeness (QED) is 0.554. The van der Waals surface area contributed by atoms with Crippen molar-refractivity contribution in [3.8, 4) is 5.88 Å². The standard InChI is InChI=1S/C17H17BrN4O3S.Na.H/c1-22(2)13-8-4-7-12-11(13)6-5-9-14(12)26(23,24)21-16-17(25-3)20-15(18)10-19-16;;/h4-10H,1-3H3,(H,19,21);;/q;+1;-1. The molecule has 3 rings (SSSR count). The molecule has 2 aromatic carbocycles. The Morgan fingerprint density at radius 3 is 2.48 bits per heavy atom. The second-order valence-corrected chi connectivity index (χ2v) is 8.14. The maximum Gasteiger partial charge on any atom is 1.00 e. The molecule has 10 heteroatoms. The average molecular weight is 461 g/mol. The van der Waals surface area contributed by atoms with Crippen molar-refractivity contribution in [3.63, 3.8) is 0 Å². The first-order valence-electron chi connectivity index (χ1n) is 7.62. The van der Waals surface area contributed by atoms with Gasteiger partial charge in [0.2, 0.25) is 5.82 Å². The van der Waals surface area contributed by atoms with E-state index in [9.17, 15) is 8.42 Å². The second-order valence-electron chi connectivity index (χ2n) is 5.68. The van der Waals surface area contributed by atoms with E-state index < -0.39 is 10.0 Å². The van der Waals surface area contributed by atoms with Crippen molar-refractivity contribution >= 4 is 48.2 Å². The molecule has 0 bridgehead atoms. The molecular formula is C17H18BrN4NaO3S. The molecule has 0 saturated heterocycles. The van der Waals surface area contributed by atoms with Crippen LogP contribution in [0.15, 0.2) is 52.1 Å². The number of hydrogen-bond acceptors (Lipinski definition) is 6. The van der Waals surface area contributed by atoms with Gasteiger partial charge in [-0.15, -0.1) is 0 Å². The minimum Gasteiger partial charge on any atom is -1.00 e. The summed E-state index contributed by atoms with van der Waals surface area (Å²) in [5.41, 5.74) is 0.931. The molecule has 0 amide bonds. The minimum absolute atomic E-state index is 0. The normalized spacial score (nSPS) is 11.0. The van der Waals surface area contributed by atoms with Gasteiger partial charge in [0.15, 0.2) is 0 Å². The Labute approximate surface area is 190 Å². The molecule has 0 atom stereocenters. The Bertz CT molecular complexity index is 1080. The molecule has 0 unspecified atom stereocenters. The smallest absolute Gasteiger partial charge is 1.00 e. The molecular weight excluding hydrogens is 443 g/mol. The monoisotopic (exact) mass is 460 g/mol. The molecule has 0 aliphatic carbocycles. The Morgan fingerprint density at radius 1 is 1.15 bits per heavy atom. The van der Waals surface area contributed by atoms with Crippen molar-refractivity contribution < 1.29 is 44.1 Å². The van der Waals surface area contributed by atoms with Gasteiger partial charge in [0.25, 0.3) is 15.9 Å². The number of rotatable bonds is 5. The first-order chi connectivity index (χ1) is 12.3. The molecule has 1 N–H and O–H groups in total. The van der Waals surface area contributed by atoms with Crippen LogP contribution in [0.3, 0.4) is 0 Å². The van der Waals surface area contributed by atoms with E-state index in [2.05, 4.69) is 30.6 Å². The zero-order valence-corrected chi connectivity index (χ0v) is 19.8. The third-order valence-electron chi connectivity index (χ3n) is 3.77. The van der Waals surface area contributed by atoms with E-state index >= 15 is 0 Å². The van der Waals surface area contributed by atoms with E-state index in [1.807, 2.05) is 37.2 Å². The molecule has 0 aliphatic rings. The number of aromatic nitrogens is 2. The molecule has 27 heavy (non-hydrogen) atoms. The fraction of sp³-hybridized carbons (Fsp3) is 0.176. The number of fused-ring (bicyclic) bond motifs is 1. The van der Waals surface area contributed by atoms with Gasteiger partial charge in [-0.1, -0.05) is 24.3 Å². The molecule has 0 aliphatic heterocycles. The number of nitrogens with zero attached hydrogens (tertiary/aromatic N) is 3. The van der Waals surface area contributed by atoms with Crippen LogP contribution in [0.2, 0.25) is 0 Å². The van der Waals surface area contributed by atoms with Gasteiger partial charge < -0.3 is 11.1 Å². The maximum absolute atomic E-state index is 13.0. The molecule has 7 nitrogen and oxygen atoms in total. The van der Waals surface area contributed by atoms with Crippen LogP contribution in [0.5, 0.6) is 5.88 Å². The summed E-state index contributed by atoms with van der Waals surface area (Å²) in [5, 5.41) is 1.46. The third kappa shape index (κ3) is 4.55. The van der Waals surface area contributed by atoms with Gasteiger partial charge >= 0.3 is 29.6 Å². The fourth-order valence-electron chi connectivity index (χ4n) is 2.64. The SMILES string of the molecule is COc1nc(Br)cnc1NS(=O)(=O)c1cccc2c(N(C)C)cccc12.[H-].[Na+]. The summed E-state index contributed by atoms with van der Waals surface area (Å²) in [6.07, 6.45) is 1.40. The predicted molar refractivity (Wildman–Crippen MR) is 106 cm³/mol. The summed E-state index contributed by atoms with van der Waals surface area (Å²) >= 11 is 3.18. The molecule has 0 fully saturated rings. The number of hydrogen-bond donors (Lipinski definition) is 1. The molecule has 3 aromatic rings. The predicted octanol–water partition coefficient (Wildman–Crippen LogP) is 0.384. The summed E-state index contributed by atoms with van der Waals surface area (Å²) in [7, 11) is 1.33. The van der Waals surface area contributed by atoms with Gasteiger partial charge in [-0.3, -0.25) is 4.72 Å². The summed E-state index contributed by atoms with van der Waals surface area (Å²) in [6.45, 7) is 0. The van der Waals surface area contributed by atoms with Crippen LogP contribution in [0.25, 0.3) is 10.8 Å². The Morgan fingerprint density at radius 2 is 1.81 bits per heavy atom. The van der Waals surface area contributed by atoms with E-state index in [4.69, 9.17) is 4.74 Å². The number of nitrogens with one attached hydrogen (secondary N) is 1. The van der Waals surface area contributed by atoms with Gasteiger partial charge in [0.1, 0.15) is 4.60 Å². The fourth-order valence-corrected chi connectivity index (χ4v) is 4.13. The summed E-state index contributed by atoms with van der Waals surface area (Å²) in [6, 6.07) is 10.7. The van der Waals surface area contributed by atoms with Crippen molar-refractivity contribution in [2.24, 2.45) is 0 Å². The maximum atomic E-state index is 13.0. The zero-order chi connectivity index (χ0) is 18.9. The van der Waals surface area contributed by atoms with Crippen LogP contribution in [-0.4, -0.2) is 39.6 Å². The minimum atomic E-state index is -3.89. The molecule has 1 aromatic heterocycles. The average Bonchev–Trinajstić information content (AvgIpc) is 2.61. The van der Waals surface area contributed by atoms with Gasteiger partial charge in [0, 0.05) is 30.6 Å². The number of ether oxygens (including phenoxy) is 1. The Hall–Kier alpha value is -1.39. The van der Waals surface area contributed by atoms with Gasteiger partial charge in [-0.25, -0.2) is 18.4 Å². The van der Waals surface area contributed by atoms with Gasteiger partial charge in [-0.05, 0) is 28.1 Å². The van der Waals surface area contributed by atoms with E-state index in [1.54, 1.807) is 18.2 Å². The van der Waals surface area contributed by atoms with E-state index in [1.165, 1.54) is 13.3 Å². The number of benzene rings is 2. The molecule has 1 heterocycles. The van der Waals surface area contributed by atoms with E-state index in [0.29, 0.717) is 9.99 Å². The number of methoxy groups -OCH3 is 1. The van der Waals surface area contributed by atoms with Crippen LogP contribution >= 0.6 is 15.9 Å². The van der Waals surface area contributed by atoms with Crippen LogP contribution in [0, 0.1) is 0 Å². The number of sulfonamides is 1. The first kappa shape index (κ1) is 21.9. The molecule has 0 spiro atoms. The van der Waals surface area contributed by atoms with E-state index in [-0.39, 0.29) is 47.6 Å². The van der Waals surface area contributed by atoms with Crippen LogP contribution in [-0.2, 0) is 10.0 Å². The van der Waals surface area contributed by atoms with Crippen molar-refractivity contribution in [1.29, 1.82) is 0 Å². The first-order valence-corrected chi connectivity index (χ1v) is 9.89. The Kier molecular flexibility index (Phi) is 7.09. The number of halogens is 1. The second kappa shape index (κ2) is 8.74. The molecule has 138 valence electrons. The molecule has 0 radical (unpaired) electrons. The number of anilines is 2. The van der Waals surface area contributed by atoms with Gasteiger partial charge in [-0.2, -0.15) is 0 Å². The van der Waals surface area contributed by atoms with Crippen LogP contribution in [0.4, 0.5) is 11.5 Å². The molecule has 0 saturated carbocycles. The summed E-state index contributed by atoms with van der Waals surface area (Å²) < 4.78 is 34.0. The third-order valence-corrected chi connectivity index (χ3v) is 5.55. The van der Waals surface area contributed by atoms with Crippen LogP contribution in [0.1, 0.15) is 1.43 Å². The largest absolute Gasteiger partial charge is 1.00 e. The topological polar surface area (TPSA) is 84.4 Å². The summed E-state index contributed by atoms with van der Waals surface area (Å²) in [5.74, 6) is 0.105. The summed E-state index contributed by atoms with van der Waals surface area (Å²) in [4.78, 5) is 10.2. The van der Waals surface area contributed by atoms with Crippen molar-refractivity contribution in [3.05, 3.63) is 47.2 Å². The zero-order valence-electron chi connectivity index (χ0n) is 16.4. The van der Waals surface area contributed by atoms with E-state index in [0.717, 1.165) is 11.1 Å².